The van der Waals surface area contributed by atoms with E-state index in [1.165, 1.54) is 49.3 Å². The van der Waals surface area contributed by atoms with Crippen molar-refractivity contribution < 1.29 is 0 Å². The van der Waals surface area contributed by atoms with Gasteiger partial charge in [0.2, 0.25) is 0 Å². The smallest absolute Gasteiger partial charge is 0.0494 e. The van der Waals surface area contributed by atoms with Crippen molar-refractivity contribution in [3.63, 3.8) is 0 Å². The molecule has 0 spiro atoms. The first-order chi connectivity index (χ1) is 21.3. The Balaban J connectivity index is 1.33. The monoisotopic (exact) mass is 550 g/mol. The number of aromatic nitrogens is 1. The van der Waals surface area contributed by atoms with Gasteiger partial charge in [-0.15, -0.1) is 0 Å². The molecule has 0 radical (unpaired) electrons. The molecule has 0 fully saturated rings. The van der Waals surface area contributed by atoms with Crippen LogP contribution in [0.2, 0.25) is 0 Å². The highest BCUT2D eigenvalue weighted by Gasteiger charge is 2.17. The van der Waals surface area contributed by atoms with Gasteiger partial charge in [-0.05, 0) is 76.0 Å². The van der Waals surface area contributed by atoms with Gasteiger partial charge in [-0.2, -0.15) is 0 Å². The number of benzene rings is 7. The quantitative estimate of drug-likeness (QED) is 0.200. The number of hydrogen-bond donors (Lipinski definition) is 0. The number of hydrogen-bond acceptors (Lipinski definition) is 1. The third kappa shape index (κ3) is 4.45. The van der Waals surface area contributed by atoms with Crippen LogP contribution in [0.3, 0.4) is 0 Å². The number of fused-ring (bicyclic) bond motifs is 4. The largest absolute Gasteiger partial charge is 0.336 e. The van der Waals surface area contributed by atoms with Crippen LogP contribution >= 0.6 is 0 Å². The van der Waals surface area contributed by atoms with Gasteiger partial charge in [0.05, 0.1) is 0 Å². The average Bonchev–Trinajstić information content (AvgIpc) is 3.39. The first-order valence-electron chi connectivity index (χ1n) is 14.8. The van der Waals surface area contributed by atoms with Gasteiger partial charge in [-0.1, -0.05) is 121 Å². The summed E-state index contributed by atoms with van der Waals surface area (Å²) in [6, 6.07) is 61.1. The Morgan fingerprint density at radius 1 is 0.419 bits per heavy atom. The molecule has 0 aliphatic carbocycles. The van der Waals surface area contributed by atoms with Crippen LogP contribution in [-0.2, 0) is 6.54 Å². The molecule has 0 saturated carbocycles. The third-order valence-electron chi connectivity index (χ3n) is 8.45. The minimum atomic E-state index is 0.777. The molecule has 0 N–H and O–H groups in total. The van der Waals surface area contributed by atoms with Crippen LogP contribution in [0.15, 0.2) is 170 Å². The van der Waals surface area contributed by atoms with E-state index in [1.54, 1.807) is 0 Å². The topological polar surface area (TPSA) is 8.17 Å². The van der Waals surface area contributed by atoms with E-state index in [1.807, 2.05) is 0 Å². The third-order valence-corrected chi connectivity index (χ3v) is 8.45. The second kappa shape index (κ2) is 10.7. The second-order valence-electron chi connectivity index (χ2n) is 11.0. The van der Waals surface area contributed by atoms with Gasteiger partial charge in [0.25, 0.3) is 0 Å². The molecular weight excluding hydrogens is 520 g/mol. The summed E-state index contributed by atoms with van der Waals surface area (Å²) in [6.07, 6.45) is 0. The molecule has 0 bridgehead atoms. The minimum Gasteiger partial charge on any atom is -0.336 e. The lowest BCUT2D eigenvalue weighted by Crippen LogP contribution is -2.09. The van der Waals surface area contributed by atoms with Gasteiger partial charge in [-0.25, -0.2) is 0 Å². The fourth-order valence-corrected chi connectivity index (χ4v) is 6.54. The number of nitrogens with zero attached hydrogens (tertiary/aromatic N) is 2. The summed E-state index contributed by atoms with van der Waals surface area (Å²) in [6.45, 7) is 0.777. The van der Waals surface area contributed by atoms with Crippen LogP contribution in [-0.4, -0.2) is 4.57 Å². The lowest BCUT2D eigenvalue weighted by molar-refractivity contribution is 0.872. The molecule has 1 heterocycles. The molecule has 8 rings (SSSR count). The Kier molecular flexibility index (Phi) is 6.23. The SMILES string of the molecule is c1ccc(N(c2ccccc2)c2cccc(-c3c(Cn4c5ccccc5c5ccccc54)ccc4ccccc34)c2)cc1. The first kappa shape index (κ1) is 25.1. The maximum atomic E-state index is 2.47. The highest BCUT2D eigenvalue weighted by molar-refractivity contribution is 6.08. The van der Waals surface area contributed by atoms with E-state index < -0.39 is 0 Å². The second-order valence-corrected chi connectivity index (χ2v) is 11.0. The van der Waals surface area contributed by atoms with Crippen molar-refractivity contribution in [3.8, 4) is 11.1 Å². The van der Waals surface area contributed by atoms with E-state index in [2.05, 4.69) is 179 Å². The van der Waals surface area contributed by atoms with Gasteiger partial charge >= 0.3 is 0 Å². The Hall–Kier alpha value is -5.60. The molecule has 0 unspecified atom stereocenters. The molecule has 0 amide bonds. The van der Waals surface area contributed by atoms with Crippen molar-refractivity contribution in [1.29, 1.82) is 0 Å². The average molecular weight is 551 g/mol. The van der Waals surface area contributed by atoms with E-state index in [9.17, 15) is 0 Å². The van der Waals surface area contributed by atoms with Crippen LogP contribution in [0.1, 0.15) is 5.56 Å². The standard InChI is InChI=1S/C41H30N2/c1-3-16-33(17-4-1)43(34-18-5-2-6-19-34)35-20-13-15-31(28-35)41-32(27-26-30-14-7-8-21-36(30)41)29-42-39-24-11-9-22-37(39)38-23-10-12-25-40(38)42/h1-28H,29H2. The zero-order chi connectivity index (χ0) is 28.6. The van der Waals surface area contributed by atoms with Crippen molar-refractivity contribution in [2.75, 3.05) is 4.90 Å². The molecule has 2 nitrogen and oxygen atoms in total. The Morgan fingerprint density at radius 3 is 1.60 bits per heavy atom. The van der Waals surface area contributed by atoms with E-state index in [0.717, 1.165) is 23.6 Å². The zero-order valence-electron chi connectivity index (χ0n) is 23.8. The molecule has 0 aliphatic rings. The molecule has 8 aromatic rings. The molecule has 0 aliphatic heterocycles. The maximum absolute atomic E-state index is 2.47. The zero-order valence-corrected chi connectivity index (χ0v) is 23.8. The Bertz CT molecular complexity index is 2120. The minimum absolute atomic E-state index is 0.777. The van der Waals surface area contributed by atoms with E-state index in [4.69, 9.17) is 0 Å². The molecule has 0 atom stereocenters. The summed E-state index contributed by atoms with van der Waals surface area (Å²) in [5.41, 5.74) is 9.71. The van der Waals surface area contributed by atoms with Crippen LogP contribution in [0, 0.1) is 0 Å². The predicted molar refractivity (Wildman–Crippen MR) is 183 cm³/mol. The van der Waals surface area contributed by atoms with Gasteiger partial charge in [0.15, 0.2) is 0 Å². The fraction of sp³-hybridized carbons (Fsp3) is 0.0244. The van der Waals surface area contributed by atoms with Gasteiger partial charge in [-0.3, -0.25) is 0 Å². The van der Waals surface area contributed by atoms with Crippen LogP contribution in [0.4, 0.5) is 17.1 Å². The van der Waals surface area contributed by atoms with Crippen LogP contribution in [0.5, 0.6) is 0 Å². The number of para-hydroxylation sites is 4. The molecule has 0 saturated heterocycles. The Labute approximate surface area is 251 Å². The van der Waals surface area contributed by atoms with Crippen molar-refractivity contribution in [1.82, 2.24) is 4.57 Å². The fourth-order valence-electron chi connectivity index (χ4n) is 6.54. The molecule has 204 valence electrons. The highest BCUT2D eigenvalue weighted by atomic mass is 15.1. The summed E-state index contributed by atoms with van der Waals surface area (Å²) < 4.78 is 2.47. The Morgan fingerprint density at radius 2 is 0.953 bits per heavy atom. The summed E-state index contributed by atoms with van der Waals surface area (Å²) >= 11 is 0. The van der Waals surface area contributed by atoms with Crippen LogP contribution in [0.25, 0.3) is 43.7 Å². The highest BCUT2D eigenvalue weighted by Crippen LogP contribution is 2.40. The summed E-state index contributed by atoms with van der Waals surface area (Å²) in [5, 5.41) is 5.10. The van der Waals surface area contributed by atoms with E-state index in [0.29, 0.717) is 0 Å². The molecule has 43 heavy (non-hydrogen) atoms. The van der Waals surface area contributed by atoms with Gasteiger partial charge < -0.3 is 9.47 Å². The van der Waals surface area contributed by atoms with Crippen molar-refractivity contribution in [2.45, 2.75) is 6.54 Å². The van der Waals surface area contributed by atoms with Gasteiger partial charge in [0, 0.05) is 45.4 Å². The van der Waals surface area contributed by atoms with E-state index in [-0.39, 0.29) is 0 Å². The normalized spacial score (nSPS) is 11.3. The van der Waals surface area contributed by atoms with Crippen molar-refractivity contribution in [3.05, 3.63) is 175 Å². The van der Waals surface area contributed by atoms with Gasteiger partial charge in [0.1, 0.15) is 0 Å². The first-order valence-corrected chi connectivity index (χ1v) is 14.8. The molecular formula is C41H30N2. The maximum Gasteiger partial charge on any atom is 0.0494 e. The molecule has 2 heteroatoms. The summed E-state index contributed by atoms with van der Waals surface area (Å²) in [7, 11) is 0. The number of anilines is 3. The lowest BCUT2D eigenvalue weighted by Gasteiger charge is -2.26. The predicted octanol–water partition coefficient (Wildman–Crippen LogP) is 11.1. The van der Waals surface area contributed by atoms with Crippen molar-refractivity contribution in [2.24, 2.45) is 0 Å². The van der Waals surface area contributed by atoms with E-state index >= 15 is 0 Å². The molecule has 1 aromatic heterocycles. The lowest BCUT2D eigenvalue weighted by atomic mass is 9.92. The number of rotatable bonds is 6. The van der Waals surface area contributed by atoms with Crippen molar-refractivity contribution >= 4 is 49.6 Å². The summed E-state index contributed by atoms with van der Waals surface area (Å²) in [4.78, 5) is 2.33. The van der Waals surface area contributed by atoms with Crippen LogP contribution < -0.4 is 4.90 Å². The molecule has 7 aromatic carbocycles. The summed E-state index contributed by atoms with van der Waals surface area (Å²) in [5.74, 6) is 0.